The van der Waals surface area contributed by atoms with E-state index in [1.54, 1.807) is 26.0 Å². The summed E-state index contributed by atoms with van der Waals surface area (Å²) in [6.07, 6.45) is 0. The first kappa shape index (κ1) is 14.0. The summed E-state index contributed by atoms with van der Waals surface area (Å²) < 4.78 is 0.791. The number of carbonyl (C=O) groups is 3. The number of halogens is 1. The zero-order valence-electron chi connectivity index (χ0n) is 10.6. The molecule has 1 aromatic carbocycles. The molecule has 0 spiro atoms. The van der Waals surface area contributed by atoms with E-state index in [1.165, 1.54) is 4.90 Å². The highest BCUT2D eigenvalue weighted by molar-refractivity contribution is 14.1. The number of hydrogen-bond acceptors (Lipinski definition) is 3. The fourth-order valence-electron chi connectivity index (χ4n) is 1.89. The van der Waals surface area contributed by atoms with E-state index in [4.69, 9.17) is 0 Å². The van der Waals surface area contributed by atoms with E-state index in [0.29, 0.717) is 5.56 Å². The monoisotopic (exact) mass is 372 g/mol. The van der Waals surface area contributed by atoms with Crippen LogP contribution in [0.2, 0.25) is 0 Å². The van der Waals surface area contributed by atoms with Crippen molar-refractivity contribution in [1.82, 2.24) is 10.2 Å². The first-order chi connectivity index (χ1) is 8.84. The number of hydrogen-bond donors (Lipinski definition) is 1. The van der Waals surface area contributed by atoms with E-state index >= 15 is 0 Å². The number of benzene rings is 1. The molecular weight excluding hydrogens is 359 g/mol. The highest BCUT2D eigenvalue weighted by atomic mass is 127. The molecule has 1 N–H and O–H groups in total. The third kappa shape index (κ3) is 2.49. The van der Waals surface area contributed by atoms with Crippen molar-refractivity contribution in [2.45, 2.75) is 19.4 Å². The lowest BCUT2D eigenvalue weighted by Crippen LogP contribution is -2.65. The fourth-order valence-corrected chi connectivity index (χ4v) is 2.51. The van der Waals surface area contributed by atoms with Crippen LogP contribution in [0.4, 0.5) is 0 Å². The number of piperazine rings is 1. The minimum absolute atomic E-state index is 0.109. The molecule has 1 aliphatic heterocycles. The van der Waals surface area contributed by atoms with Crippen LogP contribution in [0.25, 0.3) is 0 Å². The van der Waals surface area contributed by atoms with Crippen molar-refractivity contribution in [3.8, 4) is 0 Å². The molecular formula is C13H13IN2O3. The molecule has 5 nitrogen and oxygen atoms in total. The van der Waals surface area contributed by atoms with E-state index < -0.39 is 17.4 Å². The average molecular weight is 372 g/mol. The van der Waals surface area contributed by atoms with Crippen molar-refractivity contribution < 1.29 is 14.4 Å². The molecule has 1 aromatic rings. The molecule has 0 radical (unpaired) electrons. The minimum atomic E-state index is -1.04. The number of imide groups is 1. The third-order valence-electron chi connectivity index (χ3n) is 3.13. The summed E-state index contributed by atoms with van der Waals surface area (Å²) in [5.41, 5.74) is -0.539. The van der Waals surface area contributed by atoms with E-state index in [-0.39, 0.29) is 12.5 Å². The Morgan fingerprint density at radius 3 is 2.58 bits per heavy atom. The topological polar surface area (TPSA) is 66.5 Å². The maximum absolute atomic E-state index is 12.5. The summed E-state index contributed by atoms with van der Waals surface area (Å²) in [6.45, 7) is 3.15. The van der Waals surface area contributed by atoms with Crippen LogP contribution in [0.1, 0.15) is 24.2 Å². The first-order valence-corrected chi connectivity index (χ1v) is 6.82. The fraction of sp³-hybridized carbons (Fsp3) is 0.308. The maximum Gasteiger partial charge on any atom is 0.256 e. The number of nitrogens with zero attached hydrogens (tertiary/aromatic N) is 1. The Morgan fingerprint density at radius 2 is 1.95 bits per heavy atom. The van der Waals surface area contributed by atoms with Gasteiger partial charge in [-0.15, -0.1) is 0 Å². The maximum atomic E-state index is 12.5. The van der Waals surface area contributed by atoms with Crippen LogP contribution in [0, 0.1) is 3.57 Å². The van der Waals surface area contributed by atoms with Gasteiger partial charge in [0, 0.05) is 3.57 Å². The Hall–Kier alpha value is -1.44. The second kappa shape index (κ2) is 4.92. The average Bonchev–Trinajstić information content (AvgIpc) is 2.34. The quantitative estimate of drug-likeness (QED) is 0.595. The zero-order chi connectivity index (χ0) is 14.2. The van der Waals surface area contributed by atoms with Crippen molar-refractivity contribution in [3.63, 3.8) is 0 Å². The zero-order valence-corrected chi connectivity index (χ0v) is 12.7. The Morgan fingerprint density at radius 1 is 1.32 bits per heavy atom. The van der Waals surface area contributed by atoms with Crippen molar-refractivity contribution in [1.29, 1.82) is 0 Å². The third-order valence-corrected chi connectivity index (χ3v) is 4.08. The minimum Gasteiger partial charge on any atom is -0.315 e. The Balaban J connectivity index is 2.40. The molecule has 6 heteroatoms. The molecule has 1 fully saturated rings. The van der Waals surface area contributed by atoms with Gasteiger partial charge >= 0.3 is 0 Å². The summed E-state index contributed by atoms with van der Waals surface area (Å²) in [5, 5.41) is 2.25. The standard InChI is InChI=1S/C13H13IN2O3/c1-13(2)12(19)15-10(17)7-16(13)11(18)8-5-3-4-6-9(8)14/h3-6H,7H2,1-2H3,(H,15,17,19). The van der Waals surface area contributed by atoms with E-state index in [9.17, 15) is 14.4 Å². The van der Waals surface area contributed by atoms with Gasteiger partial charge in [-0.1, -0.05) is 12.1 Å². The van der Waals surface area contributed by atoms with E-state index in [2.05, 4.69) is 27.9 Å². The summed E-state index contributed by atoms with van der Waals surface area (Å²) in [5.74, 6) is -1.22. The highest BCUT2D eigenvalue weighted by Gasteiger charge is 2.43. The van der Waals surface area contributed by atoms with E-state index in [1.807, 2.05) is 12.1 Å². The molecule has 0 bridgehead atoms. The van der Waals surface area contributed by atoms with Gasteiger partial charge in [0.05, 0.1) is 5.56 Å². The molecule has 100 valence electrons. The summed E-state index contributed by atoms with van der Waals surface area (Å²) in [4.78, 5) is 37.1. The predicted octanol–water partition coefficient (Wildman–Crippen LogP) is 1.17. The van der Waals surface area contributed by atoms with Gasteiger partial charge in [0.1, 0.15) is 12.1 Å². The van der Waals surface area contributed by atoms with Gasteiger partial charge in [-0.25, -0.2) is 0 Å². The SMILES string of the molecule is CC1(C)C(=O)NC(=O)CN1C(=O)c1ccccc1I. The predicted molar refractivity (Wildman–Crippen MR) is 77.4 cm³/mol. The lowest BCUT2D eigenvalue weighted by molar-refractivity contribution is -0.143. The summed E-state index contributed by atoms with van der Waals surface area (Å²) in [6, 6.07) is 7.09. The van der Waals surface area contributed by atoms with Crippen LogP contribution < -0.4 is 5.32 Å². The second-order valence-electron chi connectivity index (χ2n) is 4.81. The molecule has 0 atom stereocenters. The van der Waals surface area contributed by atoms with Gasteiger partial charge in [0.15, 0.2) is 0 Å². The number of amides is 3. The van der Waals surface area contributed by atoms with Crippen LogP contribution in [0.15, 0.2) is 24.3 Å². The van der Waals surface area contributed by atoms with Crippen LogP contribution in [-0.4, -0.2) is 34.7 Å². The van der Waals surface area contributed by atoms with Crippen molar-refractivity contribution >= 4 is 40.3 Å². The molecule has 0 aromatic heterocycles. The molecule has 3 amide bonds. The van der Waals surface area contributed by atoms with Gasteiger partial charge < -0.3 is 4.90 Å². The normalized spacial score (nSPS) is 18.2. The lowest BCUT2D eigenvalue weighted by Gasteiger charge is -2.40. The van der Waals surface area contributed by atoms with Crippen LogP contribution in [0.3, 0.4) is 0 Å². The van der Waals surface area contributed by atoms with Crippen molar-refractivity contribution in [3.05, 3.63) is 33.4 Å². The van der Waals surface area contributed by atoms with Crippen molar-refractivity contribution in [2.24, 2.45) is 0 Å². The number of carbonyl (C=O) groups excluding carboxylic acids is 3. The van der Waals surface area contributed by atoms with Crippen LogP contribution in [-0.2, 0) is 9.59 Å². The highest BCUT2D eigenvalue weighted by Crippen LogP contribution is 2.23. The lowest BCUT2D eigenvalue weighted by atomic mass is 9.97. The largest absolute Gasteiger partial charge is 0.315 e. The van der Waals surface area contributed by atoms with Crippen LogP contribution in [0.5, 0.6) is 0 Å². The second-order valence-corrected chi connectivity index (χ2v) is 5.97. The molecule has 0 saturated carbocycles. The van der Waals surface area contributed by atoms with Crippen molar-refractivity contribution in [2.75, 3.05) is 6.54 Å². The molecule has 2 rings (SSSR count). The molecule has 0 aliphatic carbocycles. The smallest absolute Gasteiger partial charge is 0.256 e. The molecule has 1 heterocycles. The first-order valence-electron chi connectivity index (χ1n) is 5.75. The van der Waals surface area contributed by atoms with Crippen LogP contribution >= 0.6 is 22.6 Å². The van der Waals surface area contributed by atoms with E-state index in [0.717, 1.165) is 3.57 Å². The Labute approximate surface area is 124 Å². The number of nitrogens with one attached hydrogen (secondary N) is 1. The van der Waals surface area contributed by atoms with Gasteiger partial charge in [0.2, 0.25) is 5.91 Å². The summed E-state index contributed by atoms with van der Waals surface area (Å²) in [7, 11) is 0. The molecule has 1 aliphatic rings. The van der Waals surface area contributed by atoms with Gasteiger partial charge in [-0.3, -0.25) is 19.7 Å². The van der Waals surface area contributed by atoms with Gasteiger partial charge in [-0.05, 0) is 48.6 Å². The van der Waals surface area contributed by atoms with Gasteiger partial charge in [0.25, 0.3) is 11.8 Å². The Bertz CT molecular complexity index is 569. The molecule has 19 heavy (non-hydrogen) atoms. The molecule has 1 saturated heterocycles. The number of rotatable bonds is 1. The summed E-state index contributed by atoms with van der Waals surface area (Å²) >= 11 is 2.06. The molecule has 0 unspecified atom stereocenters. The Kier molecular flexibility index (Phi) is 3.62. The van der Waals surface area contributed by atoms with Gasteiger partial charge in [-0.2, -0.15) is 0 Å².